The van der Waals surface area contributed by atoms with Crippen molar-refractivity contribution in [1.29, 1.82) is 0 Å². The van der Waals surface area contributed by atoms with Crippen LogP contribution in [-0.2, 0) is 6.54 Å². The van der Waals surface area contributed by atoms with Crippen LogP contribution < -0.4 is 5.56 Å². The number of nitrogens with one attached hydrogen (secondary N) is 1. The zero-order valence-electron chi connectivity index (χ0n) is 16.1. The topological polar surface area (TPSA) is 85.8 Å². The molecule has 29 heavy (non-hydrogen) atoms. The Hall–Kier alpha value is -3.41. The molecular weight excluding hydrogens is 366 g/mol. The van der Waals surface area contributed by atoms with Gasteiger partial charge in [0.2, 0.25) is 5.88 Å². The van der Waals surface area contributed by atoms with E-state index in [1.54, 1.807) is 24.4 Å². The van der Waals surface area contributed by atoms with Gasteiger partial charge in [-0.25, -0.2) is 0 Å². The van der Waals surface area contributed by atoms with Crippen LogP contribution >= 0.6 is 0 Å². The van der Waals surface area contributed by atoms with E-state index in [4.69, 9.17) is 0 Å². The molecule has 0 spiro atoms. The van der Waals surface area contributed by atoms with Gasteiger partial charge in [-0.1, -0.05) is 30.3 Å². The molecule has 0 radical (unpaired) electrons. The van der Waals surface area contributed by atoms with E-state index in [2.05, 4.69) is 9.98 Å². The van der Waals surface area contributed by atoms with E-state index in [1.165, 1.54) is 6.42 Å². The van der Waals surface area contributed by atoms with Gasteiger partial charge in [0.25, 0.3) is 11.5 Å². The van der Waals surface area contributed by atoms with Gasteiger partial charge in [0.1, 0.15) is 0 Å². The van der Waals surface area contributed by atoms with Crippen molar-refractivity contribution >= 4 is 22.9 Å². The molecule has 0 aliphatic carbocycles. The Morgan fingerprint density at radius 3 is 2.62 bits per heavy atom. The minimum absolute atomic E-state index is 0.0693. The Balaban J connectivity index is 1.54. The van der Waals surface area contributed by atoms with Gasteiger partial charge in [-0.05, 0) is 43.0 Å². The van der Waals surface area contributed by atoms with E-state index in [0.717, 1.165) is 31.5 Å². The Morgan fingerprint density at radius 1 is 1.07 bits per heavy atom. The number of benzene rings is 2. The average Bonchev–Trinajstić information content (AvgIpc) is 2.76. The molecule has 6 nitrogen and oxygen atoms in total. The fourth-order valence-corrected chi connectivity index (χ4v) is 3.74. The largest absolute Gasteiger partial charge is 0.494 e. The molecule has 1 fully saturated rings. The summed E-state index contributed by atoms with van der Waals surface area (Å²) in [6.07, 6.45) is 4.87. The predicted molar refractivity (Wildman–Crippen MR) is 114 cm³/mol. The number of carbonyl (C=O) groups excluding carboxylic acids is 1. The second kappa shape index (κ2) is 8.31. The number of fused-ring (bicyclic) bond motifs is 1. The number of aliphatic imine (C=N–C) groups is 1. The molecule has 1 amide bonds. The molecule has 1 aromatic heterocycles. The van der Waals surface area contributed by atoms with Crippen LogP contribution in [0.1, 0.15) is 40.7 Å². The first kappa shape index (κ1) is 18.9. The third kappa shape index (κ3) is 4.06. The molecule has 2 N–H and O–H groups in total. The quantitative estimate of drug-likeness (QED) is 0.670. The molecular formula is C23H23N3O3. The molecule has 3 aromatic rings. The van der Waals surface area contributed by atoms with Gasteiger partial charge in [-0.3, -0.25) is 19.6 Å². The highest BCUT2D eigenvalue weighted by molar-refractivity contribution is 6.01. The molecule has 1 aliphatic rings. The van der Waals surface area contributed by atoms with Crippen molar-refractivity contribution in [3.63, 3.8) is 0 Å². The molecule has 1 aliphatic heterocycles. The molecule has 1 saturated heterocycles. The molecule has 0 unspecified atom stereocenters. The third-order valence-corrected chi connectivity index (χ3v) is 5.26. The molecule has 148 valence electrons. The fourth-order valence-electron chi connectivity index (χ4n) is 3.74. The number of rotatable bonds is 4. The van der Waals surface area contributed by atoms with Gasteiger partial charge in [0.15, 0.2) is 0 Å². The van der Waals surface area contributed by atoms with Gasteiger partial charge < -0.3 is 10.0 Å². The number of pyridine rings is 1. The Kier molecular flexibility index (Phi) is 5.42. The molecule has 2 heterocycles. The number of hydrogen-bond acceptors (Lipinski definition) is 4. The second-order valence-electron chi connectivity index (χ2n) is 7.29. The molecule has 0 saturated carbocycles. The zero-order chi connectivity index (χ0) is 20.2. The lowest BCUT2D eigenvalue weighted by Crippen LogP contribution is -2.35. The van der Waals surface area contributed by atoms with Gasteiger partial charge >= 0.3 is 0 Å². The van der Waals surface area contributed by atoms with E-state index >= 15 is 0 Å². The number of hydrogen-bond donors (Lipinski definition) is 2. The average molecular weight is 389 g/mol. The number of piperidine rings is 1. The van der Waals surface area contributed by atoms with Crippen LogP contribution in [0.25, 0.3) is 10.8 Å². The highest BCUT2D eigenvalue weighted by Gasteiger charge is 2.18. The van der Waals surface area contributed by atoms with Crippen LogP contribution in [-0.4, -0.2) is 40.2 Å². The number of aromatic nitrogens is 1. The lowest BCUT2D eigenvalue weighted by molar-refractivity contribution is 0.0724. The summed E-state index contributed by atoms with van der Waals surface area (Å²) >= 11 is 0. The minimum Gasteiger partial charge on any atom is -0.494 e. The summed E-state index contributed by atoms with van der Waals surface area (Å²) in [6, 6.07) is 14.6. The van der Waals surface area contributed by atoms with Crippen molar-refractivity contribution in [3.8, 4) is 5.88 Å². The van der Waals surface area contributed by atoms with Gasteiger partial charge in [0.05, 0.1) is 12.1 Å². The smallest absolute Gasteiger partial charge is 0.258 e. The minimum atomic E-state index is -0.334. The van der Waals surface area contributed by atoms with E-state index < -0.39 is 0 Å². The van der Waals surface area contributed by atoms with Crippen molar-refractivity contribution < 1.29 is 9.90 Å². The number of amides is 1. The zero-order valence-corrected chi connectivity index (χ0v) is 16.1. The van der Waals surface area contributed by atoms with Crippen LogP contribution in [0.15, 0.2) is 58.3 Å². The molecule has 2 aromatic carbocycles. The summed E-state index contributed by atoms with van der Waals surface area (Å²) in [4.78, 5) is 33.5. The first-order valence-electron chi connectivity index (χ1n) is 9.85. The van der Waals surface area contributed by atoms with Gasteiger partial charge in [-0.15, -0.1) is 0 Å². The highest BCUT2D eigenvalue weighted by atomic mass is 16.3. The molecule has 0 atom stereocenters. The van der Waals surface area contributed by atoms with Gasteiger partial charge in [-0.2, -0.15) is 0 Å². The highest BCUT2D eigenvalue weighted by Crippen LogP contribution is 2.20. The Bertz CT molecular complexity index is 1130. The number of aromatic amines is 1. The second-order valence-corrected chi connectivity index (χ2v) is 7.29. The molecule has 0 bridgehead atoms. The normalized spacial score (nSPS) is 14.6. The SMILES string of the molecule is O=C(c1cccc(CN=Cc2c(O)[nH]c(=O)c3ccccc23)c1)N1CCCCC1. The number of H-pyrrole nitrogens is 1. The first-order chi connectivity index (χ1) is 14.1. The lowest BCUT2D eigenvalue weighted by Gasteiger charge is -2.26. The Labute approximate surface area is 168 Å². The van der Waals surface area contributed by atoms with E-state index in [0.29, 0.717) is 28.4 Å². The summed E-state index contributed by atoms with van der Waals surface area (Å²) in [5.74, 6) is -0.133. The van der Waals surface area contributed by atoms with Crippen molar-refractivity contribution in [2.24, 2.45) is 4.99 Å². The number of aromatic hydroxyl groups is 1. The summed E-state index contributed by atoms with van der Waals surface area (Å²) in [5, 5.41) is 11.3. The summed E-state index contributed by atoms with van der Waals surface area (Å²) in [6.45, 7) is 2.01. The fraction of sp³-hybridized carbons (Fsp3) is 0.261. The number of nitrogens with zero attached hydrogens (tertiary/aromatic N) is 2. The van der Waals surface area contributed by atoms with Crippen LogP contribution in [0, 0.1) is 0 Å². The lowest BCUT2D eigenvalue weighted by atomic mass is 10.1. The maximum atomic E-state index is 12.7. The number of carbonyl (C=O) groups is 1. The van der Waals surface area contributed by atoms with Crippen LogP contribution in [0.4, 0.5) is 0 Å². The van der Waals surface area contributed by atoms with E-state index in [9.17, 15) is 14.7 Å². The standard InChI is InChI=1S/C23H23N3O3/c27-21-19-10-3-2-9-18(19)20(22(28)25-21)15-24-14-16-7-6-8-17(13-16)23(29)26-11-4-1-5-12-26/h2-3,6-10,13,15H,1,4-5,11-12,14H2,(H2,25,27,28). The van der Waals surface area contributed by atoms with E-state index in [-0.39, 0.29) is 17.3 Å². The van der Waals surface area contributed by atoms with Crippen molar-refractivity contribution in [2.45, 2.75) is 25.8 Å². The van der Waals surface area contributed by atoms with Crippen molar-refractivity contribution in [2.75, 3.05) is 13.1 Å². The van der Waals surface area contributed by atoms with E-state index in [1.807, 2.05) is 35.2 Å². The number of likely N-dealkylation sites (tertiary alicyclic amines) is 1. The predicted octanol–water partition coefficient (Wildman–Crippen LogP) is 3.48. The van der Waals surface area contributed by atoms with Crippen LogP contribution in [0.5, 0.6) is 5.88 Å². The van der Waals surface area contributed by atoms with Crippen molar-refractivity contribution in [3.05, 3.63) is 75.6 Å². The monoisotopic (exact) mass is 389 g/mol. The molecule has 4 rings (SSSR count). The molecule has 6 heteroatoms. The van der Waals surface area contributed by atoms with Crippen LogP contribution in [0.3, 0.4) is 0 Å². The first-order valence-corrected chi connectivity index (χ1v) is 9.85. The van der Waals surface area contributed by atoms with Gasteiger partial charge in [0, 0.05) is 35.6 Å². The summed E-state index contributed by atoms with van der Waals surface area (Å²) in [5.41, 5.74) is 1.73. The summed E-state index contributed by atoms with van der Waals surface area (Å²) < 4.78 is 0. The van der Waals surface area contributed by atoms with Crippen LogP contribution in [0.2, 0.25) is 0 Å². The third-order valence-electron chi connectivity index (χ3n) is 5.26. The maximum Gasteiger partial charge on any atom is 0.258 e. The Morgan fingerprint density at radius 2 is 1.83 bits per heavy atom. The maximum absolute atomic E-state index is 12.7. The van der Waals surface area contributed by atoms with Crippen molar-refractivity contribution in [1.82, 2.24) is 9.88 Å². The summed E-state index contributed by atoms with van der Waals surface area (Å²) in [7, 11) is 0.